The van der Waals surface area contributed by atoms with Crippen LogP contribution in [0.5, 0.6) is 11.5 Å². The van der Waals surface area contributed by atoms with E-state index in [1.165, 1.54) is 0 Å². The zero-order chi connectivity index (χ0) is 16.2. The minimum Gasteiger partial charge on any atom is -0.490 e. The van der Waals surface area contributed by atoms with Crippen molar-refractivity contribution in [2.45, 2.75) is 27.2 Å². The number of hydrogen-bond donors (Lipinski definition) is 1. The Balaban J connectivity index is 1.79. The average Bonchev–Trinajstić information content (AvgIpc) is 2.76. The predicted octanol–water partition coefficient (Wildman–Crippen LogP) is 3.09. The second-order valence-electron chi connectivity index (χ2n) is 5.50. The molecule has 0 aliphatic carbocycles. The minimum atomic E-state index is 0.496. The second kappa shape index (κ2) is 6.64. The molecule has 0 unspecified atom stereocenters. The first-order valence-electron chi connectivity index (χ1n) is 7.64. The molecule has 0 spiro atoms. The number of hydrogen-bond acceptors (Lipinski definition) is 6. The summed E-state index contributed by atoms with van der Waals surface area (Å²) in [6, 6.07) is 7.76. The lowest BCUT2D eigenvalue weighted by atomic mass is 10.1. The van der Waals surface area contributed by atoms with Gasteiger partial charge in [-0.15, -0.1) is 0 Å². The zero-order valence-electron chi connectivity index (χ0n) is 13.6. The summed E-state index contributed by atoms with van der Waals surface area (Å²) in [6.07, 6.45) is 0.892. The molecule has 2 heterocycles. The number of benzene rings is 1. The standard InChI is InChI=1S/C17H20N4O2/c1-11-9-12(2)19-17(18-11)21-20-13(3)14-5-6-15-16(10-14)23-8-4-7-22-15/h5-6,9-10H,4,7-8H2,1-3H3,(H,18,19,21)/b20-13-. The molecule has 0 atom stereocenters. The van der Waals surface area contributed by atoms with Crippen molar-refractivity contribution in [3.05, 3.63) is 41.2 Å². The highest BCUT2D eigenvalue weighted by Gasteiger charge is 2.11. The van der Waals surface area contributed by atoms with Crippen LogP contribution in [0.4, 0.5) is 5.95 Å². The molecule has 0 amide bonds. The van der Waals surface area contributed by atoms with E-state index in [1.807, 2.05) is 45.0 Å². The van der Waals surface area contributed by atoms with Crippen LogP contribution in [0.15, 0.2) is 29.4 Å². The fourth-order valence-electron chi connectivity index (χ4n) is 2.36. The quantitative estimate of drug-likeness (QED) is 0.697. The first-order valence-corrected chi connectivity index (χ1v) is 7.64. The van der Waals surface area contributed by atoms with Crippen LogP contribution >= 0.6 is 0 Å². The van der Waals surface area contributed by atoms with Gasteiger partial charge in [-0.25, -0.2) is 15.4 Å². The van der Waals surface area contributed by atoms with E-state index in [4.69, 9.17) is 9.47 Å². The van der Waals surface area contributed by atoms with Gasteiger partial charge in [0, 0.05) is 23.4 Å². The molecule has 1 aromatic heterocycles. The lowest BCUT2D eigenvalue weighted by Crippen LogP contribution is -2.04. The van der Waals surface area contributed by atoms with Crippen molar-refractivity contribution in [3.63, 3.8) is 0 Å². The van der Waals surface area contributed by atoms with E-state index < -0.39 is 0 Å². The largest absolute Gasteiger partial charge is 0.490 e. The van der Waals surface area contributed by atoms with Crippen molar-refractivity contribution in [2.75, 3.05) is 18.6 Å². The minimum absolute atomic E-state index is 0.496. The van der Waals surface area contributed by atoms with E-state index in [-0.39, 0.29) is 0 Å². The van der Waals surface area contributed by atoms with E-state index in [0.29, 0.717) is 19.2 Å². The summed E-state index contributed by atoms with van der Waals surface area (Å²) in [6.45, 7) is 7.14. The SMILES string of the molecule is C/C(=N/Nc1nc(C)cc(C)n1)c1ccc2c(c1)OCCCO2. The fraction of sp³-hybridized carbons (Fsp3) is 0.353. The van der Waals surface area contributed by atoms with Crippen LogP contribution in [0, 0.1) is 13.8 Å². The summed E-state index contributed by atoms with van der Waals surface area (Å²) < 4.78 is 11.3. The van der Waals surface area contributed by atoms with Crippen molar-refractivity contribution in [3.8, 4) is 11.5 Å². The summed E-state index contributed by atoms with van der Waals surface area (Å²) in [7, 11) is 0. The van der Waals surface area contributed by atoms with Gasteiger partial charge in [0.05, 0.1) is 18.9 Å². The van der Waals surface area contributed by atoms with Gasteiger partial charge in [0.1, 0.15) is 0 Å². The monoisotopic (exact) mass is 312 g/mol. The van der Waals surface area contributed by atoms with Crippen molar-refractivity contribution < 1.29 is 9.47 Å². The van der Waals surface area contributed by atoms with Gasteiger partial charge in [-0.2, -0.15) is 5.10 Å². The molecule has 0 radical (unpaired) electrons. The molecule has 1 aromatic carbocycles. The van der Waals surface area contributed by atoms with Crippen LogP contribution in [0.2, 0.25) is 0 Å². The normalized spacial score (nSPS) is 14.3. The number of nitrogens with one attached hydrogen (secondary N) is 1. The van der Waals surface area contributed by atoms with Crippen molar-refractivity contribution in [1.29, 1.82) is 0 Å². The third kappa shape index (κ3) is 3.77. The molecular weight excluding hydrogens is 292 g/mol. The third-order valence-corrected chi connectivity index (χ3v) is 3.47. The topological polar surface area (TPSA) is 68.6 Å². The van der Waals surface area contributed by atoms with Crippen LogP contribution in [-0.2, 0) is 0 Å². The molecule has 1 aliphatic rings. The average molecular weight is 312 g/mol. The molecule has 23 heavy (non-hydrogen) atoms. The number of ether oxygens (including phenoxy) is 2. The molecule has 0 bridgehead atoms. The first kappa shape index (κ1) is 15.3. The molecule has 0 saturated carbocycles. The van der Waals surface area contributed by atoms with Crippen LogP contribution in [0.1, 0.15) is 30.3 Å². The van der Waals surface area contributed by atoms with Gasteiger partial charge in [-0.3, -0.25) is 0 Å². The van der Waals surface area contributed by atoms with E-state index in [1.54, 1.807) is 0 Å². The molecule has 1 N–H and O–H groups in total. The second-order valence-corrected chi connectivity index (χ2v) is 5.50. The van der Waals surface area contributed by atoms with Crippen molar-refractivity contribution >= 4 is 11.7 Å². The van der Waals surface area contributed by atoms with Gasteiger partial charge in [0.25, 0.3) is 0 Å². The summed E-state index contributed by atoms with van der Waals surface area (Å²) in [5, 5.41) is 4.36. The zero-order valence-corrected chi connectivity index (χ0v) is 13.6. The first-order chi connectivity index (χ1) is 11.1. The van der Waals surface area contributed by atoms with E-state index in [9.17, 15) is 0 Å². The Morgan fingerprint density at radius 1 is 1.04 bits per heavy atom. The van der Waals surface area contributed by atoms with Gasteiger partial charge in [-0.05, 0) is 45.0 Å². The van der Waals surface area contributed by atoms with Crippen LogP contribution in [0.25, 0.3) is 0 Å². The number of fused-ring (bicyclic) bond motifs is 1. The van der Waals surface area contributed by atoms with Gasteiger partial charge >= 0.3 is 0 Å². The smallest absolute Gasteiger partial charge is 0.243 e. The lowest BCUT2D eigenvalue weighted by Gasteiger charge is -2.09. The van der Waals surface area contributed by atoms with Crippen LogP contribution in [-0.4, -0.2) is 28.9 Å². The molecule has 0 saturated heterocycles. The highest BCUT2D eigenvalue weighted by Crippen LogP contribution is 2.30. The van der Waals surface area contributed by atoms with E-state index in [0.717, 1.165) is 40.6 Å². The van der Waals surface area contributed by atoms with Gasteiger partial charge in [0.15, 0.2) is 11.5 Å². The highest BCUT2D eigenvalue weighted by molar-refractivity contribution is 5.99. The number of rotatable bonds is 3. The molecule has 0 fully saturated rings. The van der Waals surface area contributed by atoms with Crippen LogP contribution in [0.3, 0.4) is 0 Å². The molecule has 2 aromatic rings. The van der Waals surface area contributed by atoms with E-state index in [2.05, 4.69) is 20.5 Å². The number of aryl methyl sites for hydroxylation is 2. The third-order valence-electron chi connectivity index (χ3n) is 3.47. The predicted molar refractivity (Wildman–Crippen MR) is 89.4 cm³/mol. The van der Waals surface area contributed by atoms with Crippen molar-refractivity contribution in [1.82, 2.24) is 9.97 Å². The molecule has 6 nitrogen and oxygen atoms in total. The molecule has 6 heteroatoms. The van der Waals surface area contributed by atoms with Crippen molar-refractivity contribution in [2.24, 2.45) is 5.10 Å². The Bertz CT molecular complexity index is 723. The molecular formula is C17H20N4O2. The number of hydrazone groups is 1. The highest BCUT2D eigenvalue weighted by atomic mass is 16.5. The number of aromatic nitrogens is 2. The maximum Gasteiger partial charge on any atom is 0.243 e. The Hall–Kier alpha value is -2.63. The summed E-state index contributed by atoms with van der Waals surface area (Å²) in [4.78, 5) is 8.62. The summed E-state index contributed by atoms with van der Waals surface area (Å²) >= 11 is 0. The Morgan fingerprint density at radius 2 is 1.74 bits per heavy atom. The number of anilines is 1. The summed E-state index contributed by atoms with van der Waals surface area (Å²) in [5.74, 6) is 2.04. The Kier molecular flexibility index (Phi) is 4.41. The summed E-state index contributed by atoms with van der Waals surface area (Å²) in [5.41, 5.74) is 6.51. The Morgan fingerprint density at radius 3 is 2.48 bits per heavy atom. The Labute approximate surface area is 135 Å². The fourth-order valence-corrected chi connectivity index (χ4v) is 2.36. The van der Waals surface area contributed by atoms with Gasteiger partial charge < -0.3 is 9.47 Å². The lowest BCUT2D eigenvalue weighted by molar-refractivity contribution is 0.297. The molecule has 120 valence electrons. The maximum atomic E-state index is 5.71. The molecule has 1 aliphatic heterocycles. The molecule has 3 rings (SSSR count). The number of nitrogens with zero attached hydrogens (tertiary/aromatic N) is 3. The van der Waals surface area contributed by atoms with Crippen LogP contribution < -0.4 is 14.9 Å². The van der Waals surface area contributed by atoms with Gasteiger partial charge in [0.2, 0.25) is 5.95 Å². The van der Waals surface area contributed by atoms with E-state index >= 15 is 0 Å². The van der Waals surface area contributed by atoms with Gasteiger partial charge in [-0.1, -0.05) is 0 Å². The maximum absolute atomic E-state index is 5.71.